The van der Waals surface area contributed by atoms with Gasteiger partial charge in [0.1, 0.15) is 0 Å². The van der Waals surface area contributed by atoms with Gasteiger partial charge < -0.3 is 4.74 Å². The van der Waals surface area contributed by atoms with Crippen molar-refractivity contribution in [2.75, 3.05) is 6.61 Å². The van der Waals surface area contributed by atoms with Crippen molar-refractivity contribution >= 4 is 0 Å². The fourth-order valence-corrected chi connectivity index (χ4v) is 2.38. The van der Waals surface area contributed by atoms with E-state index in [1.54, 1.807) is 12.1 Å². The average Bonchev–Trinajstić information content (AvgIpc) is 3.19. The normalized spacial score (nSPS) is 19.3. The third-order valence-electron chi connectivity index (χ3n) is 4.19. The van der Waals surface area contributed by atoms with Gasteiger partial charge in [0.2, 0.25) is 5.82 Å². The molecule has 0 aromatic heterocycles. The van der Waals surface area contributed by atoms with E-state index in [1.807, 2.05) is 6.08 Å². The maximum absolute atomic E-state index is 13.9. The number of benzene rings is 1. The van der Waals surface area contributed by atoms with Crippen LogP contribution in [0.4, 0.5) is 8.78 Å². The molecule has 0 atom stereocenters. The van der Waals surface area contributed by atoms with Crippen molar-refractivity contribution in [2.45, 2.75) is 38.5 Å². The van der Waals surface area contributed by atoms with Gasteiger partial charge in [-0.3, -0.25) is 0 Å². The fraction of sp³-hybridized carbons (Fsp3) is 0.529. The Hall–Kier alpha value is -1.38. The molecule has 2 aliphatic carbocycles. The third kappa shape index (κ3) is 3.20. The van der Waals surface area contributed by atoms with Crippen LogP contribution >= 0.6 is 0 Å². The second-order valence-electron chi connectivity index (χ2n) is 5.93. The summed E-state index contributed by atoms with van der Waals surface area (Å²) >= 11 is 0. The molecule has 0 radical (unpaired) electrons. The smallest absolute Gasteiger partial charge is 0.200 e. The van der Waals surface area contributed by atoms with Crippen LogP contribution < -0.4 is 4.74 Å². The zero-order valence-corrected chi connectivity index (χ0v) is 11.6. The van der Waals surface area contributed by atoms with Crippen LogP contribution in [0.2, 0.25) is 0 Å². The van der Waals surface area contributed by atoms with Crippen molar-refractivity contribution in [2.24, 2.45) is 11.8 Å². The molecule has 0 amide bonds. The molecule has 0 bridgehead atoms. The van der Waals surface area contributed by atoms with Gasteiger partial charge in [-0.15, -0.1) is 0 Å². The van der Waals surface area contributed by atoms with Gasteiger partial charge >= 0.3 is 0 Å². The number of halogens is 2. The van der Waals surface area contributed by atoms with Crippen molar-refractivity contribution in [1.82, 2.24) is 0 Å². The summed E-state index contributed by atoms with van der Waals surface area (Å²) < 4.78 is 33.2. The van der Waals surface area contributed by atoms with Gasteiger partial charge in [0.25, 0.3) is 0 Å². The average molecular weight is 278 g/mol. The van der Waals surface area contributed by atoms with E-state index in [-0.39, 0.29) is 5.75 Å². The Labute approximate surface area is 118 Å². The maximum atomic E-state index is 13.9. The molecule has 0 aliphatic heterocycles. The summed E-state index contributed by atoms with van der Waals surface area (Å²) in [6.07, 6.45) is 10.4. The van der Waals surface area contributed by atoms with E-state index < -0.39 is 11.6 Å². The standard InChI is InChI=1S/C17H20F2O/c18-16-14(6-2-3-12-7-8-12)9-10-15(17(16)19)20-11-13-4-1-5-13/h2-3,9-10,12-13H,1,4-8,11H2/b3-2+. The molecule has 2 saturated carbocycles. The highest BCUT2D eigenvalue weighted by Gasteiger charge is 2.20. The zero-order chi connectivity index (χ0) is 13.9. The predicted molar refractivity (Wildman–Crippen MR) is 74.8 cm³/mol. The van der Waals surface area contributed by atoms with Crippen molar-refractivity contribution in [3.05, 3.63) is 41.5 Å². The van der Waals surface area contributed by atoms with Crippen molar-refractivity contribution in [3.63, 3.8) is 0 Å². The summed E-state index contributed by atoms with van der Waals surface area (Å²) in [6.45, 7) is 0.497. The fourth-order valence-electron chi connectivity index (χ4n) is 2.38. The van der Waals surface area contributed by atoms with Crippen LogP contribution in [0.5, 0.6) is 5.75 Å². The zero-order valence-electron chi connectivity index (χ0n) is 11.6. The van der Waals surface area contributed by atoms with Crippen LogP contribution in [0, 0.1) is 23.5 Å². The molecule has 0 N–H and O–H groups in total. The van der Waals surface area contributed by atoms with Gasteiger partial charge in [-0.25, -0.2) is 4.39 Å². The van der Waals surface area contributed by atoms with E-state index in [9.17, 15) is 8.78 Å². The molecule has 108 valence electrons. The Morgan fingerprint density at radius 1 is 1.10 bits per heavy atom. The molecule has 0 spiro atoms. The lowest BCUT2D eigenvalue weighted by atomic mass is 9.86. The lowest BCUT2D eigenvalue weighted by Crippen LogP contribution is -2.19. The first-order valence-corrected chi connectivity index (χ1v) is 7.50. The lowest BCUT2D eigenvalue weighted by molar-refractivity contribution is 0.174. The summed E-state index contributed by atoms with van der Waals surface area (Å²) in [5.41, 5.74) is 0.399. The van der Waals surface area contributed by atoms with Crippen LogP contribution in [0.3, 0.4) is 0 Å². The Bertz CT molecular complexity index is 502. The van der Waals surface area contributed by atoms with Gasteiger partial charge in [0.15, 0.2) is 11.6 Å². The maximum Gasteiger partial charge on any atom is 0.200 e. The van der Waals surface area contributed by atoms with Gasteiger partial charge in [-0.05, 0) is 55.6 Å². The van der Waals surface area contributed by atoms with E-state index in [4.69, 9.17) is 4.74 Å². The molecule has 0 unspecified atom stereocenters. The Morgan fingerprint density at radius 2 is 1.90 bits per heavy atom. The topological polar surface area (TPSA) is 9.23 Å². The van der Waals surface area contributed by atoms with Crippen LogP contribution in [0.15, 0.2) is 24.3 Å². The number of hydrogen-bond acceptors (Lipinski definition) is 1. The van der Waals surface area contributed by atoms with Gasteiger partial charge in [0, 0.05) is 0 Å². The molecule has 2 fully saturated rings. The van der Waals surface area contributed by atoms with Gasteiger partial charge in [-0.1, -0.05) is 24.6 Å². The highest BCUT2D eigenvalue weighted by Crippen LogP contribution is 2.31. The number of hydrogen-bond donors (Lipinski definition) is 0. The first-order valence-electron chi connectivity index (χ1n) is 7.50. The van der Waals surface area contributed by atoms with E-state index >= 15 is 0 Å². The molecule has 3 heteroatoms. The second-order valence-corrected chi connectivity index (χ2v) is 5.93. The molecule has 0 heterocycles. The Morgan fingerprint density at radius 3 is 2.55 bits per heavy atom. The summed E-state index contributed by atoms with van der Waals surface area (Å²) in [5.74, 6) is -0.394. The van der Waals surface area contributed by atoms with Crippen LogP contribution in [-0.2, 0) is 6.42 Å². The van der Waals surface area contributed by atoms with E-state index in [1.165, 1.54) is 19.3 Å². The van der Waals surface area contributed by atoms with Crippen LogP contribution in [0.25, 0.3) is 0 Å². The quantitative estimate of drug-likeness (QED) is 0.688. The Balaban J connectivity index is 1.61. The minimum absolute atomic E-state index is 0.0457. The molecule has 0 saturated heterocycles. The molecule has 20 heavy (non-hydrogen) atoms. The van der Waals surface area contributed by atoms with E-state index in [2.05, 4.69) is 6.08 Å². The van der Waals surface area contributed by atoms with Crippen LogP contribution in [-0.4, -0.2) is 6.61 Å². The minimum atomic E-state index is -0.846. The summed E-state index contributed by atoms with van der Waals surface area (Å²) in [6, 6.07) is 3.18. The van der Waals surface area contributed by atoms with Crippen molar-refractivity contribution in [3.8, 4) is 5.75 Å². The monoisotopic (exact) mass is 278 g/mol. The highest BCUT2D eigenvalue weighted by atomic mass is 19.2. The number of allylic oxidation sites excluding steroid dienone is 2. The lowest BCUT2D eigenvalue weighted by Gasteiger charge is -2.25. The van der Waals surface area contributed by atoms with Crippen molar-refractivity contribution < 1.29 is 13.5 Å². The molecular formula is C17H20F2O. The molecule has 3 rings (SSSR count). The largest absolute Gasteiger partial charge is 0.490 e. The first kappa shape index (κ1) is 13.6. The summed E-state index contributed by atoms with van der Waals surface area (Å²) in [7, 11) is 0. The van der Waals surface area contributed by atoms with Gasteiger partial charge in [0.05, 0.1) is 6.61 Å². The van der Waals surface area contributed by atoms with E-state index in [0.29, 0.717) is 30.4 Å². The third-order valence-corrected chi connectivity index (χ3v) is 4.19. The predicted octanol–water partition coefficient (Wildman–Crippen LogP) is 4.65. The minimum Gasteiger partial charge on any atom is -0.490 e. The molecule has 1 aromatic carbocycles. The van der Waals surface area contributed by atoms with Crippen molar-refractivity contribution in [1.29, 1.82) is 0 Å². The Kier molecular flexibility index (Phi) is 4.04. The molecule has 2 aliphatic rings. The van der Waals surface area contributed by atoms with Gasteiger partial charge in [-0.2, -0.15) is 4.39 Å². The second kappa shape index (κ2) is 5.94. The number of ether oxygens (including phenoxy) is 1. The number of rotatable bonds is 6. The summed E-state index contributed by atoms with van der Waals surface area (Å²) in [5, 5.41) is 0. The van der Waals surface area contributed by atoms with E-state index in [0.717, 1.165) is 12.8 Å². The highest BCUT2D eigenvalue weighted by molar-refractivity contribution is 5.32. The molecule has 1 nitrogen and oxygen atoms in total. The molecule has 1 aromatic rings. The SMILES string of the molecule is Fc1c(C/C=C/C2CC2)ccc(OCC2CCC2)c1F. The summed E-state index contributed by atoms with van der Waals surface area (Å²) in [4.78, 5) is 0. The molecular weight excluding hydrogens is 258 g/mol. The first-order chi connectivity index (χ1) is 9.74. The van der Waals surface area contributed by atoms with Crippen LogP contribution in [0.1, 0.15) is 37.7 Å².